The van der Waals surface area contributed by atoms with Crippen LogP contribution in [0.4, 0.5) is 0 Å². The van der Waals surface area contributed by atoms with Crippen molar-refractivity contribution in [2.75, 3.05) is 0 Å². The molecule has 156 valence electrons. The van der Waals surface area contributed by atoms with Crippen LogP contribution in [0.25, 0.3) is 5.69 Å². The van der Waals surface area contributed by atoms with Crippen LogP contribution in [0, 0.1) is 12.8 Å². The van der Waals surface area contributed by atoms with Gasteiger partial charge in [0, 0.05) is 31.3 Å². The minimum Gasteiger partial charge on any atom is -0.342 e. The van der Waals surface area contributed by atoms with Crippen LogP contribution in [0.5, 0.6) is 0 Å². The zero-order valence-corrected chi connectivity index (χ0v) is 17.9. The quantitative estimate of drug-likeness (QED) is 0.678. The molecule has 6 heteroatoms. The average molecular weight is 405 g/mol. The summed E-state index contributed by atoms with van der Waals surface area (Å²) in [7, 11) is 1.92. The van der Waals surface area contributed by atoms with E-state index in [2.05, 4.69) is 24.1 Å². The summed E-state index contributed by atoms with van der Waals surface area (Å²) in [6.45, 7) is 6.04. The highest BCUT2D eigenvalue weighted by atomic mass is 16.2. The Hall–Kier alpha value is -3.15. The normalized spacial score (nSPS) is 14.7. The summed E-state index contributed by atoms with van der Waals surface area (Å²) in [6.07, 6.45) is 7.46. The molecule has 0 spiro atoms. The Morgan fingerprint density at radius 3 is 2.60 bits per heavy atom. The Balaban J connectivity index is 1.70. The number of nitrogens with zero attached hydrogens (tertiary/aromatic N) is 3. The van der Waals surface area contributed by atoms with Gasteiger partial charge in [-0.05, 0) is 60.9 Å². The van der Waals surface area contributed by atoms with Gasteiger partial charge in [-0.3, -0.25) is 14.2 Å². The van der Waals surface area contributed by atoms with E-state index in [-0.39, 0.29) is 23.1 Å². The van der Waals surface area contributed by atoms with Crippen LogP contribution in [-0.2, 0) is 7.05 Å². The molecule has 0 aliphatic heterocycles. The van der Waals surface area contributed by atoms with Crippen molar-refractivity contribution in [2.45, 2.75) is 45.6 Å². The summed E-state index contributed by atoms with van der Waals surface area (Å²) in [5.41, 5.74) is 2.47. The van der Waals surface area contributed by atoms with Gasteiger partial charge in [0.2, 0.25) is 0 Å². The Morgan fingerprint density at radius 2 is 1.97 bits per heavy atom. The highest BCUT2D eigenvalue weighted by Crippen LogP contribution is 2.40. The van der Waals surface area contributed by atoms with Gasteiger partial charge in [0.25, 0.3) is 11.5 Å². The fraction of sp³-hybridized carbons (Fsp3) is 0.375. The molecule has 2 aromatic heterocycles. The molecule has 1 fully saturated rings. The van der Waals surface area contributed by atoms with Crippen LogP contribution in [0.1, 0.15) is 66.0 Å². The van der Waals surface area contributed by atoms with Gasteiger partial charge in [-0.15, -0.1) is 0 Å². The van der Waals surface area contributed by atoms with E-state index in [9.17, 15) is 9.59 Å². The maximum absolute atomic E-state index is 13.3. The molecule has 2 heterocycles. The van der Waals surface area contributed by atoms with Gasteiger partial charge in [-0.2, -0.15) is 0 Å². The van der Waals surface area contributed by atoms with Gasteiger partial charge < -0.3 is 9.88 Å². The zero-order chi connectivity index (χ0) is 21.4. The minimum atomic E-state index is -0.341. The summed E-state index contributed by atoms with van der Waals surface area (Å²) < 4.78 is 3.48. The molecular formula is C24H28N4O2. The topological polar surface area (TPSA) is 68.9 Å². The summed E-state index contributed by atoms with van der Waals surface area (Å²) in [5.74, 6) is 1.20. The number of carbonyl (C=O) groups excluding carboxylic acids is 1. The largest absolute Gasteiger partial charge is 0.342 e. The Bertz CT molecular complexity index is 1140. The van der Waals surface area contributed by atoms with Crippen molar-refractivity contribution in [2.24, 2.45) is 13.0 Å². The molecule has 6 nitrogen and oxygen atoms in total. The lowest BCUT2D eigenvalue weighted by Gasteiger charge is -2.19. The third kappa shape index (κ3) is 3.82. The molecule has 1 aliphatic rings. The SMILES string of the molecule is Cc1ccn(-c2cccc(C(C)C)c2)c(=O)c1C(=O)NC(c1nccn1C)C1CC1. The molecule has 1 N–H and O–H groups in total. The number of hydrogen-bond donors (Lipinski definition) is 1. The van der Waals surface area contributed by atoms with Gasteiger partial charge in [0.15, 0.2) is 0 Å². The highest BCUT2D eigenvalue weighted by Gasteiger charge is 2.36. The van der Waals surface area contributed by atoms with Crippen LogP contribution in [0.3, 0.4) is 0 Å². The second kappa shape index (κ2) is 7.94. The Labute approximate surface area is 176 Å². The number of pyridine rings is 1. The lowest BCUT2D eigenvalue weighted by atomic mass is 10.0. The minimum absolute atomic E-state index is 0.186. The van der Waals surface area contributed by atoms with Crippen molar-refractivity contribution < 1.29 is 4.79 Å². The summed E-state index contributed by atoms with van der Waals surface area (Å²) >= 11 is 0. The number of benzene rings is 1. The molecule has 1 saturated carbocycles. The molecular weight excluding hydrogens is 376 g/mol. The molecule has 1 aliphatic carbocycles. The Morgan fingerprint density at radius 1 is 1.20 bits per heavy atom. The van der Waals surface area contributed by atoms with Crippen molar-refractivity contribution in [3.8, 4) is 5.69 Å². The predicted octanol–water partition coefficient (Wildman–Crippen LogP) is 3.88. The van der Waals surface area contributed by atoms with Crippen LogP contribution in [0.2, 0.25) is 0 Å². The van der Waals surface area contributed by atoms with Crippen LogP contribution in [-0.4, -0.2) is 20.0 Å². The van der Waals surface area contributed by atoms with E-state index in [1.165, 1.54) is 0 Å². The molecule has 1 unspecified atom stereocenters. The van der Waals surface area contributed by atoms with Gasteiger partial charge in [-0.1, -0.05) is 26.0 Å². The molecule has 1 aromatic carbocycles. The summed E-state index contributed by atoms with van der Waals surface area (Å²) in [6, 6.07) is 9.53. The number of rotatable bonds is 6. The first-order valence-electron chi connectivity index (χ1n) is 10.5. The van der Waals surface area contributed by atoms with Gasteiger partial charge >= 0.3 is 0 Å². The summed E-state index contributed by atoms with van der Waals surface area (Å²) in [5, 5.41) is 3.09. The summed E-state index contributed by atoms with van der Waals surface area (Å²) in [4.78, 5) is 31.0. The lowest BCUT2D eigenvalue weighted by Crippen LogP contribution is -2.37. The third-order valence-electron chi connectivity index (χ3n) is 5.86. The predicted molar refractivity (Wildman–Crippen MR) is 117 cm³/mol. The zero-order valence-electron chi connectivity index (χ0n) is 17.9. The number of imidazole rings is 1. The number of nitrogens with one attached hydrogen (secondary N) is 1. The molecule has 0 saturated heterocycles. The van der Waals surface area contributed by atoms with E-state index >= 15 is 0 Å². The number of hydrogen-bond acceptors (Lipinski definition) is 3. The second-order valence-corrected chi connectivity index (χ2v) is 8.48. The van der Waals surface area contributed by atoms with Crippen LogP contribution in [0.15, 0.2) is 53.7 Å². The van der Waals surface area contributed by atoms with Crippen molar-refractivity contribution in [3.63, 3.8) is 0 Å². The lowest BCUT2D eigenvalue weighted by molar-refractivity contribution is 0.0926. The van der Waals surface area contributed by atoms with Crippen molar-refractivity contribution >= 4 is 5.91 Å². The first-order valence-corrected chi connectivity index (χ1v) is 10.5. The van der Waals surface area contributed by atoms with Gasteiger partial charge in [-0.25, -0.2) is 4.98 Å². The molecule has 30 heavy (non-hydrogen) atoms. The van der Waals surface area contributed by atoms with E-state index in [1.54, 1.807) is 23.9 Å². The van der Waals surface area contributed by atoms with Gasteiger partial charge in [0.1, 0.15) is 11.4 Å². The standard InChI is InChI=1S/C24H28N4O2/c1-15(2)18-6-5-7-19(14-18)28-12-10-16(3)20(24(28)30)23(29)26-21(17-8-9-17)22-25-11-13-27(22)4/h5-7,10-15,17,21H,8-9H2,1-4H3,(H,26,29). The molecule has 0 radical (unpaired) electrons. The number of amides is 1. The fourth-order valence-electron chi connectivity index (χ4n) is 3.85. The van der Waals surface area contributed by atoms with E-state index in [0.29, 0.717) is 17.4 Å². The number of carbonyl (C=O) groups is 1. The number of aryl methyl sites for hydroxylation is 2. The first-order chi connectivity index (χ1) is 14.4. The number of aromatic nitrogens is 3. The molecule has 1 amide bonds. The van der Waals surface area contributed by atoms with E-state index in [1.807, 2.05) is 48.1 Å². The van der Waals surface area contributed by atoms with E-state index in [4.69, 9.17) is 0 Å². The van der Waals surface area contributed by atoms with Crippen molar-refractivity contribution in [1.29, 1.82) is 0 Å². The monoisotopic (exact) mass is 404 g/mol. The first kappa shape index (κ1) is 20.1. The average Bonchev–Trinajstić information content (AvgIpc) is 3.47. The maximum Gasteiger partial charge on any atom is 0.268 e. The van der Waals surface area contributed by atoms with Crippen LogP contribution >= 0.6 is 0 Å². The smallest absolute Gasteiger partial charge is 0.268 e. The highest BCUT2D eigenvalue weighted by molar-refractivity contribution is 5.95. The molecule has 3 aromatic rings. The maximum atomic E-state index is 13.3. The van der Waals surface area contributed by atoms with E-state index in [0.717, 1.165) is 29.9 Å². The van der Waals surface area contributed by atoms with Crippen molar-refractivity contribution in [1.82, 2.24) is 19.4 Å². The van der Waals surface area contributed by atoms with E-state index < -0.39 is 0 Å². The van der Waals surface area contributed by atoms with Crippen LogP contribution < -0.4 is 10.9 Å². The second-order valence-electron chi connectivity index (χ2n) is 8.48. The molecule has 1 atom stereocenters. The molecule has 4 rings (SSSR count). The van der Waals surface area contributed by atoms with Crippen molar-refractivity contribution in [3.05, 3.63) is 81.8 Å². The fourth-order valence-corrected chi connectivity index (χ4v) is 3.85. The third-order valence-corrected chi connectivity index (χ3v) is 5.86. The van der Waals surface area contributed by atoms with Gasteiger partial charge in [0.05, 0.1) is 6.04 Å². The Kier molecular flexibility index (Phi) is 5.33. The molecule has 0 bridgehead atoms.